The van der Waals surface area contributed by atoms with Gasteiger partial charge >= 0.3 is 0 Å². The third kappa shape index (κ3) is 0.753. The van der Waals surface area contributed by atoms with Crippen LogP contribution in [0.25, 0.3) is 0 Å². The lowest BCUT2D eigenvalue weighted by molar-refractivity contribution is 0.476. The van der Waals surface area contributed by atoms with Crippen LogP contribution in [0.1, 0.15) is 6.42 Å². The Labute approximate surface area is 61.2 Å². The van der Waals surface area contributed by atoms with Gasteiger partial charge in [-0.05, 0) is 12.5 Å². The van der Waals surface area contributed by atoms with Crippen LogP contribution in [0.5, 0.6) is 0 Å². The lowest BCUT2D eigenvalue weighted by Gasteiger charge is -2.17. The SMILES string of the molecule is CN1CCC2CN=CC=C21. The van der Waals surface area contributed by atoms with Crippen molar-refractivity contribution in [3.8, 4) is 0 Å². The van der Waals surface area contributed by atoms with Gasteiger partial charge in [-0.1, -0.05) is 0 Å². The van der Waals surface area contributed by atoms with E-state index in [-0.39, 0.29) is 0 Å². The summed E-state index contributed by atoms with van der Waals surface area (Å²) in [5.41, 5.74) is 1.48. The second kappa shape index (κ2) is 2.11. The second-order valence-corrected chi connectivity index (χ2v) is 3.01. The fraction of sp³-hybridized carbons (Fsp3) is 0.625. The highest BCUT2D eigenvalue weighted by Gasteiger charge is 2.25. The van der Waals surface area contributed by atoms with E-state index in [0.29, 0.717) is 0 Å². The van der Waals surface area contributed by atoms with Crippen LogP contribution in [-0.2, 0) is 0 Å². The average molecular weight is 136 g/mol. The molecule has 0 bridgehead atoms. The maximum absolute atomic E-state index is 4.23. The molecule has 1 fully saturated rings. The van der Waals surface area contributed by atoms with E-state index in [1.54, 1.807) is 0 Å². The Morgan fingerprint density at radius 2 is 2.60 bits per heavy atom. The summed E-state index contributed by atoms with van der Waals surface area (Å²) in [4.78, 5) is 6.56. The predicted molar refractivity (Wildman–Crippen MR) is 42.2 cm³/mol. The van der Waals surface area contributed by atoms with Crippen LogP contribution in [-0.4, -0.2) is 31.3 Å². The molecule has 2 rings (SSSR count). The van der Waals surface area contributed by atoms with Crippen LogP contribution in [0.3, 0.4) is 0 Å². The zero-order valence-corrected chi connectivity index (χ0v) is 6.25. The molecule has 0 aromatic heterocycles. The number of fused-ring (bicyclic) bond motifs is 1. The van der Waals surface area contributed by atoms with Crippen molar-refractivity contribution in [1.82, 2.24) is 4.90 Å². The van der Waals surface area contributed by atoms with E-state index in [1.807, 2.05) is 6.21 Å². The second-order valence-electron chi connectivity index (χ2n) is 3.01. The fourth-order valence-electron chi connectivity index (χ4n) is 1.70. The van der Waals surface area contributed by atoms with Crippen molar-refractivity contribution in [2.75, 3.05) is 20.1 Å². The van der Waals surface area contributed by atoms with E-state index in [9.17, 15) is 0 Å². The Kier molecular flexibility index (Phi) is 1.26. The first kappa shape index (κ1) is 5.96. The first-order valence-electron chi connectivity index (χ1n) is 3.79. The van der Waals surface area contributed by atoms with Gasteiger partial charge in [0.2, 0.25) is 0 Å². The monoisotopic (exact) mass is 136 g/mol. The minimum atomic E-state index is 0.731. The summed E-state index contributed by atoms with van der Waals surface area (Å²) in [6, 6.07) is 0. The van der Waals surface area contributed by atoms with Crippen molar-refractivity contribution in [1.29, 1.82) is 0 Å². The number of dihydropyridines is 1. The zero-order valence-electron chi connectivity index (χ0n) is 6.25. The fourth-order valence-corrected chi connectivity index (χ4v) is 1.70. The molecule has 54 valence electrons. The van der Waals surface area contributed by atoms with Crippen molar-refractivity contribution < 1.29 is 0 Å². The molecule has 2 heteroatoms. The van der Waals surface area contributed by atoms with Crippen LogP contribution >= 0.6 is 0 Å². The van der Waals surface area contributed by atoms with Crippen LogP contribution in [0, 0.1) is 5.92 Å². The molecule has 0 saturated carbocycles. The van der Waals surface area contributed by atoms with Crippen molar-refractivity contribution >= 4 is 6.21 Å². The maximum atomic E-state index is 4.23. The molecule has 0 amide bonds. The van der Waals surface area contributed by atoms with Gasteiger partial charge in [0, 0.05) is 38.0 Å². The van der Waals surface area contributed by atoms with Crippen molar-refractivity contribution in [3.05, 3.63) is 11.8 Å². The topological polar surface area (TPSA) is 15.6 Å². The van der Waals surface area contributed by atoms with Gasteiger partial charge in [0.05, 0.1) is 0 Å². The van der Waals surface area contributed by atoms with Gasteiger partial charge in [0.15, 0.2) is 0 Å². The molecule has 1 atom stereocenters. The summed E-state index contributed by atoms with van der Waals surface area (Å²) >= 11 is 0. The van der Waals surface area contributed by atoms with Crippen LogP contribution < -0.4 is 0 Å². The van der Waals surface area contributed by atoms with Crippen molar-refractivity contribution in [2.24, 2.45) is 10.9 Å². The summed E-state index contributed by atoms with van der Waals surface area (Å²) in [5.74, 6) is 0.731. The molecule has 0 aromatic rings. The van der Waals surface area contributed by atoms with Gasteiger partial charge in [-0.2, -0.15) is 0 Å². The Balaban J connectivity index is 2.25. The molecule has 2 nitrogen and oxygen atoms in total. The van der Waals surface area contributed by atoms with E-state index >= 15 is 0 Å². The maximum Gasteiger partial charge on any atom is 0.0472 e. The highest BCUT2D eigenvalue weighted by Crippen LogP contribution is 2.27. The average Bonchev–Trinajstić information content (AvgIpc) is 2.34. The standard InChI is InChI=1S/C8H12N2/c1-10-5-3-7-6-9-4-2-8(7)10/h2,4,7H,3,5-6H2,1H3. The molecule has 1 saturated heterocycles. The summed E-state index contributed by atoms with van der Waals surface area (Å²) in [6.07, 6.45) is 5.36. The van der Waals surface area contributed by atoms with Crippen LogP contribution in [0.15, 0.2) is 16.8 Å². The van der Waals surface area contributed by atoms with Gasteiger partial charge in [0.25, 0.3) is 0 Å². The molecule has 2 heterocycles. The molecule has 1 unspecified atom stereocenters. The number of rotatable bonds is 0. The van der Waals surface area contributed by atoms with Gasteiger partial charge < -0.3 is 4.90 Å². The highest BCUT2D eigenvalue weighted by molar-refractivity contribution is 5.73. The minimum absolute atomic E-state index is 0.731. The first-order chi connectivity index (χ1) is 4.88. The van der Waals surface area contributed by atoms with Crippen molar-refractivity contribution in [3.63, 3.8) is 0 Å². The molecule has 0 aliphatic carbocycles. The minimum Gasteiger partial charge on any atom is -0.378 e. The largest absolute Gasteiger partial charge is 0.378 e. The van der Waals surface area contributed by atoms with Crippen LogP contribution in [0.2, 0.25) is 0 Å². The lowest BCUT2D eigenvalue weighted by Crippen LogP contribution is -2.15. The number of likely N-dealkylation sites (tertiary alicyclic amines) is 1. The molecule has 0 aromatic carbocycles. The summed E-state index contributed by atoms with van der Waals surface area (Å²) < 4.78 is 0. The van der Waals surface area contributed by atoms with E-state index in [1.165, 1.54) is 18.7 Å². The smallest absolute Gasteiger partial charge is 0.0472 e. The number of nitrogens with zero attached hydrogens (tertiary/aromatic N) is 2. The highest BCUT2D eigenvalue weighted by atomic mass is 15.1. The van der Waals surface area contributed by atoms with Gasteiger partial charge in [-0.25, -0.2) is 0 Å². The number of aliphatic imine (C=N–C) groups is 1. The summed E-state index contributed by atoms with van der Waals surface area (Å²) in [7, 11) is 2.16. The number of allylic oxidation sites excluding steroid dienone is 1. The summed E-state index contributed by atoms with van der Waals surface area (Å²) in [6.45, 7) is 2.22. The quantitative estimate of drug-likeness (QED) is 0.483. The predicted octanol–water partition coefficient (Wildman–Crippen LogP) is 0.906. The lowest BCUT2D eigenvalue weighted by atomic mass is 10.0. The molecular formula is C8H12N2. The number of hydrogen-bond donors (Lipinski definition) is 0. The molecule has 2 aliphatic heterocycles. The number of hydrogen-bond acceptors (Lipinski definition) is 2. The van der Waals surface area contributed by atoms with E-state index in [4.69, 9.17) is 0 Å². The molecule has 0 spiro atoms. The van der Waals surface area contributed by atoms with E-state index in [0.717, 1.165) is 12.5 Å². The van der Waals surface area contributed by atoms with Gasteiger partial charge in [-0.15, -0.1) is 0 Å². The third-order valence-electron chi connectivity index (χ3n) is 2.35. The Hall–Kier alpha value is -0.790. The van der Waals surface area contributed by atoms with Gasteiger partial charge in [0.1, 0.15) is 0 Å². The van der Waals surface area contributed by atoms with Gasteiger partial charge in [-0.3, -0.25) is 4.99 Å². The molecule has 0 N–H and O–H groups in total. The molecule has 0 radical (unpaired) electrons. The zero-order chi connectivity index (χ0) is 6.97. The molecular weight excluding hydrogens is 124 g/mol. The Bertz CT molecular complexity index is 193. The van der Waals surface area contributed by atoms with E-state index in [2.05, 4.69) is 23.0 Å². The third-order valence-corrected chi connectivity index (χ3v) is 2.35. The van der Waals surface area contributed by atoms with E-state index < -0.39 is 0 Å². The molecule has 2 aliphatic rings. The molecule has 10 heavy (non-hydrogen) atoms. The Morgan fingerprint density at radius 3 is 3.40 bits per heavy atom. The normalized spacial score (nSPS) is 30.3. The summed E-state index contributed by atoms with van der Waals surface area (Å²) in [5, 5.41) is 0. The Morgan fingerprint density at radius 1 is 1.70 bits per heavy atom. The van der Waals surface area contributed by atoms with Crippen LogP contribution in [0.4, 0.5) is 0 Å². The first-order valence-corrected chi connectivity index (χ1v) is 3.79. The van der Waals surface area contributed by atoms with Crippen molar-refractivity contribution in [2.45, 2.75) is 6.42 Å².